The first-order valence-corrected chi connectivity index (χ1v) is 5.22. The molecule has 17 heavy (non-hydrogen) atoms. The van der Waals surface area contributed by atoms with Crippen LogP contribution in [0, 0.1) is 19.7 Å². The van der Waals surface area contributed by atoms with Crippen molar-refractivity contribution in [2.24, 2.45) is 0 Å². The quantitative estimate of drug-likeness (QED) is 0.864. The van der Waals surface area contributed by atoms with Crippen LogP contribution in [0.5, 0.6) is 11.6 Å². The van der Waals surface area contributed by atoms with Crippen LogP contribution >= 0.6 is 0 Å². The second kappa shape index (κ2) is 4.41. The van der Waals surface area contributed by atoms with Gasteiger partial charge in [0, 0.05) is 12.3 Å². The fourth-order valence-electron chi connectivity index (χ4n) is 1.45. The van der Waals surface area contributed by atoms with E-state index in [0.29, 0.717) is 17.3 Å². The lowest BCUT2D eigenvalue weighted by Gasteiger charge is -2.10. The minimum atomic E-state index is -0.351. The van der Waals surface area contributed by atoms with Crippen LogP contribution in [0.3, 0.4) is 0 Å². The van der Waals surface area contributed by atoms with Gasteiger partial charge in [-0.15, -0.1) is 0 Å². The van der Waals surface area contributed by atoms with E-state index in [2.05, 4.69) is 4.98 Å². The molecule has 0 aliphatic heterocycles. The predicted octanol–water partition coefficient (Wildman–Crippen LogP) is 3.21. The summed E-state index contributed by atoms with van der Waals surface area (Å²) in [6, 6.07) is 6.11. The zero-order chi connectivity index (χ0) is 12.4. The third kappa shape index (κ3) is 2.53. The lowest BCUT2D eigenvalue weighted by molar-refractivity contribution is 0.457. The molecule has 1 aromatic carbocycles. The number of pyridine rings is 1. The van der Waals surface area contributed by atoms with E-state index >= 15 is 0 Å². The standard InChI is InChI=1S/C13H13FN2O/c1-8-5-11(15)13(16-7-8)17-12-6-10(14)4-3-9(12)2/h3-7H,15H2,1-2H3. The van der Waals surface area contributed by atoms with Crippen LogP contribution in [0.25, 0.3) is 0 Å². The van der Waals surface area contributed by atoms with Crippen LogP contribution in [-0.4, -0.2) is 4.98 Å². The molecule has 0 atom stereocenters. The van der Waals surface area contributed by atoms with Crippen molar-refractivity contribution in [1.82, 2.24) is 4.98 Å². The molecular weight excluding hydrogens is 219 g/mol. The van der Waals surface area contributed by atoms with Crippen molar-refractivity contribution in [3.8, 4) is 11.6 Å². The van der Waals surface area contributed by atoms with Crippen molar-refractivity contribution in [3.05, 3.63) is 47.4 Å². The van der Waals surface area contributed by atoms with E-state index < -0.39 is 0 Å². The summed E-state index contributed by atoms with van der Waals surface area (Å²) in [6.07, 6.45) is 1.65. The summed E-state index contributed by atoms with van der Waals surface area (Å²) in [6.45, 7) is 3.72. The number of anilines is 1. The van der Waals surface area contributed by atoms with Gasteiger partial charge in [0.15, 0.2) is 0 Å². The van der Waals surface area contributed by atoms with Crippen molar-refractivity contribution in [2.45, 2.75) is 13.8 Å². The van der Waals surface area contributed by atoms with Crippen molar-refractivity contribution >= 4 is 5.69 Å². The maximum atomic E-state index is 13.1. The average molecular weight is 232 g/mol. The van der Waals surface area contributed by atoms with E-state index in [9.17, 15) is 4.39 Å². The Morgan fingerprint density at radius 1 is 1.24 bits per heavy atom. The first kappa shape index (κ1) is 11.4. The van der Waals surface area contributed by atoms with Gasteiger partial charge in [0.2, 0.25) is 5.88 Å². The number of aryl methyl sites for hydroxylation is 2. The zero-order valence-corrected chi connectivity index (χ0v) is 9.70. The molecule has 0 radical (unpaired) electrons. The molecule has 1 heterocycles. The van der Waals surface area contributed by atoms with Gasteiger partial charge in [0.25, 0.3) is 0 Å². The number of benzene rings is 1. The molecule has 2 N–H and O–H groups in total. The molecule has 0 saturated carbocycles. The van der Waals surface area contributed by atoms with Crippen molar-refractivity contribution in [2.75, 3.05) is 5.73 Å². The van der Waals surface area contributed by atoms with Gasteiger partial charge in [0.1, 0.15) is 11.6 Å². The fourth-order valence-corrected chi connectivity index (χ4v) is 1.45. The monoisotopic (exact) mass is 232 g/mol. The summed E-state index contributed by atoms with van der Waals surface area (Å²) < 4.78 is 18.6. The summed E-state index contributed by atoms with van der Waals surface area (Å²) in [5.74, 6) is 0.369. The van der Waals surface area contributed by atoms with Gasteiger partial charge in [-0.3, -0.25) is 0 Å². The topological polar surface area (TPSA) is 48.1 Å². The van der Waals surface area contributed by atoms with Gasteiger partial charge in [-0.1, -0.05) is 6.07 Å². The number of hydrogen-bond acceptors (Lipinski definition) is 3. The highest BCUT2D eigenvalue weighted by molar-refractivity contribution is 5.51. The third-order valence-corrected chi connectivity index (χ3v) is 2.37. The number of nitrogen functional groups attached to an aromatic ring is 1. The first-order valence-electron chi connectivity index (χ1n) is 5.22. The minimum Gasteiger partial charge on any atom is -0.437 e. The van der Waals surface area contributed by atoms with Crippen LogP contribution in [0.2, 0.25) is 0 Å². The Balaban J connectivity index is 2.34. The van der Waals surface area contributed by atoms with Gasteiger partial charge in [0.05, 0.1) is 5.69 Å². The Labute approximate surface area is 99.1 Å². The largest absolute Gasteiger partial charge is 0.437 e. The smallest absolute Gasteiger partial charge is 0.242 e. The number of rotatable bonds is 2. The lowest BCUT2D eigenvalue weighted by atomic mass is 10.2. The van der Waals surface area contributed by atoms with E-state index in [4.69, 9.17) is 10.5 Å². The summed E-state index contributed by atoms with van der Waals surface area (Å²) in [4.78, 5) is 4.07. The Kier molecular flexibility index (Phi) is 2.95. The predicted molar refractivity (Wildman–Crippen MR) is 64.6 cm³/mol. The molecule has 2 rings (SSSR count). The van der Waals surface area contributed by atoms with E-state index in [1.807, 2.05) is 13.8 Å². The molecule has 0 spiro atoms. The van der Waals surface area contributed by atoms with Crippen LogP contribution < -0.4 is 10.5 Å². The van der Waals surface area contributed by atoms with E-state index in [1.54, 1.807) is 18.3 Å². The Bertz CT molecular complexity index is 555. The van der Waals surface area contributed by atoms with Gasteiger partial charge in [-0.25, -0.2) is 9.37 Å². The molecule has 0 aliphatic carbocycles. The number of aromatic nitrogens is 1. The summed E-state index contributed by atoms with van der Waals surface area (Å²) in [5.41, 5.74) is 7.99. The summed E-state index contributed by atoms with van der Waals surface area (Å²) >= 11 is 0. The van der Waals surface area contributed by atoms with Gasteiger partial charge in [-0.05, 0) is 37.1 Å². The maximum Gasteiger partial charge on any atom is 0.242 e. The van der Waals surface area contributed by atoms with E-state index in [1.165, 1.54) is 12.1 Å². The minimum absolute atomic E-state index is 0.296. The molecule has 0 bridgehead atoms. The molecule has 4 heteroatoms. The number of nitrogens with zero attached hydrogens (tertiary/aromatic N) is 1. The van der Waals surface area contributed by atoms with Gasteiger partial charge in [-0.2, -0.15) is 0 Å². The molecule has 3 nitrogen and oxygen atoms in total. The second-order valence-corrected chi connectivity index (χ2v) is 3.92. The normalized spacial score (nSPS) is 10.3. The molecule has 88 valence electrons. The number of nitrogens with two attached hydrogens (primary N) is 1. The average Bonchev–Trinajstić information content (AvgIpc) is 2.27. The molecule has 0 fully saturated rings. The molecule has 0 aliphatic rings. The van der Waals surface area contributed by atoms with Gasteiger partial charge >= 0.3 is 0 Å². The maximum absolute atomic E-state index is 13.1. The summed E-state index contributed by atoms with van der Waals surface area (Å²) in [7, 11) is 0. The van der Waals surface area contributed by atoms with Crippen molar-refractivity contribution < 1.29 is 9.13 Å². The lowest BCUT2D eigenvalue weighted by Crippen LogP contribution is -1.97. The Hall–Kier alpha value is -2.10. The van der Waals surface area contributed by atoms with Crippen LogP contribution in [0.15, 0.2) is 30.5 Å². The second-order valence-electron chi connectivity index (χ2n) is 3.92. The first-order chi connectivity index (χ1) is 8.06. The van der Waals surface area contributed by atoms with Gasteiger partial charge < -0.3 is 10.5 Å². The third-order valence-electron chi connectivity index (χ3n) is 2.37. The molecule has 1 aromatic heterocycles. The molecule has 0 amide bonds. The molecule has 0 saturated heterocycles. The number of hydrogen-bond donors (Lipinski definition) is 1. The molecule has 0 unspecified atom stereocenters. The number of ether oxygens (including phenoxy) is 1. The van der Waals surface area contributed by atoms with Crippen LogP contribution in [0.1, 0.15) is 11.1 Å². The summed E-state index contributed by atoms with van der Waals surface area (Å²) in [5, 5.41) is 0. The fraction of sp³-hybridized carbons (Fsp3) is 0.154. The van der Waals surface area contributed by atoms with Crippen LogP contribution in [0.4, 0.5) is 10.1 Å². The number of halogens is 1. The van der Waals surface area contributed by atoms with Crippen molar-refractivity contribution in [1.29, 1.82) is 0 Å². The highest BCUT2D eigenvalue weighted by Crippen LogP contribution is 2.28. The Morgan fingerprint density at radius 3 is 2.71 bits per heavy atom. The zero-order valence-electron chi connectivity index (χ0n) is 9.70. The molecular formula is C13H13FN2O. The van der Waals surface area contributed by atoms with Crippen LogP contribution in [-0.2, 0) is 0 Å². The molecule has 2 aromatic rings. The Morgan fingerprint density at radius 2 is 2.00 bits per heavy atom. The van der Waals surface area contributed by atoms with E-state index in [0.717, 1.165) is 11.1 Å². The van der Waals surface area contributed by atoms with E-state index in [-0.39, 0.29) is 5.82 Å². The SMILES string of the molecule is Cc1cnc(Oc2cc(F)ccc2C)c(N)c1. The highest BCUT2D eigenvalue weighted by Gasteiger charge is 2.07. The highest BCUT2D eigenvalue weighted by atomic mass is 19.1. The van der Waals surface area contributed by atoms with Crippen molar-refractivity contribution in [3.63, 3.8) is 0 Å².